The van der Waals surface area contributed by atoms with Crippen LogP contribution in [0.25, 0.3) is 0 Å². The normalized spacial score (nSPS) is 20.7. The molecule has 1 saturated carbocycles. The molecule has 1 rings (SSSR count). The van der Waals surface area contributed by atoms with E-state index in [1.807, 2.05) is 0 Å². The van der Waals surface area contributed by atoms with Gasteiger partial charge in [-0.05, 0) is 26.7 Å². The smallest absolute Gasteiger partial charge is 0.330 e. The summed E-state index contributed by atoms with van der Waals surface area (Å²) in [5, 5.41) is 11.8. The highest BCUT2D eigenvalue weighted by Gasteiger charge is 2.35. The van der Waals surface area contributed by atoms with Gasteiger partial charge >= 0.3 is 5.97 Å². The minimum atomic E-state index is -0.835. The molecule has 0 saturated heterocycles. The molecule has 12 heavy (non-hydrogen) atoms. The highest BCUT2D eigenvalue weighted by Crippen LogP contribution is 2.33. The minimum absolute atomic E-state index is 0.287. The monoisotopic (exact) mass is 169 g/mol. The zero-order valence-electron chi connectivity index (χ0n) is 7.55. The van der Waals surface area contributed by atoms with Gasteiger partial charge in [-0.1, -0.05) is 6.08 Å². The lowest BCUT2D eigenvalue weighted by molar-refractivity contribution is -0.132. The van der Waals surface area contributed by atoms with E-state index >= 15 is 0 Å². The Morgan fingerprint density at radius 2 is 2.25 bits per heavy atom. The number of carbonyl (C=O) groups is 1. The van der Waals surface area contributed by atoms with Gasteiger partial charge < -0.3 is 10.4 Å². The van der Waals surface area contributed by atoms with E-state index in [1.54, 1.807) is 13.0 Å². The predicted octanol–water partition coefficient (Wildman–Crippen LogP) is 1.16. The average Bonchev–Trinajstić information content (AvgIpc) is 2.68. The van der Waals surface area contributed by atoms with Crippen molar-refractivity contribution in [1.29, 1.82) is 0 Å². The van der Waals surface area contributed by atoms with Crippen LogP contribution in [0.3, 0.4) is 0 Å². The highest BCUT2D eigenvalue weighted by molar-refractivity contribution is 5.85. The summed E-state index contributed by atoms with van der Waals surface area (Å²) < 4.78 is 0. The SMILES string of the molecule is CC(=CCNC1(C)CC1)C(=O)O. The molecule has 1 aliphatic rings. The Balaban J connectivity index is 2.24. The van der Waals surface area contributed by atoms with E-state index in [4.69, 9.17) is 5.11 Å². The number of hydrogen-bond donors (Lipinski definition) is 2. The van der Waals surface area contributed by atoms with Crippen LogP contribution in [-0.4, -0.2) is 23.2 Å². The molecule has 0 bridgehead atoms. The molecule has 3 heteroatoms. The molecule has 0 aromatic heterocycles. The molecular formula is C9H15NO2. The van der Waals surface area contributed by atoms with Crippen molar-refractivity contribution >= 4 is 5.97 Å². The number of carboxylic acid groups (broad SMARTS) is 1. The standard InChI is InChI=1S/C9H15NO2/c1-7(8(11)12)3-6-10-9(2)4-5-9/h3,10H,4-6H2,1-2H3,(H,11,12). The van der Waals surface area contributed by atoms with Crippen molar-refractivity contribution in [2.45, 2.75) is 32.2 Å². The van der Waals surface area contributed by atoms with Crippen LogP contribution in [-0.2, 0) is 4.79 Å². The van der Waals surface area contributed by atoms with Crippen molar-refractivity contribution < 1.29 is 9.90 Å². The van der Waals surface area contributed by atoms with E-state index in [0.717, 1.165) is 0 Å². The first-order valence-corrected chi connectivity index (χ1v) is 4.19. The summed E-state index contributed by atoms with van der Waals surface area (Å²) in [7, 11) is 0. The molecule has 0 radical (unpaired) electrons. The van der Waals surface area contributed by atoms with Crippen molar-refractivity contribution in [2.24, 2.45) is 0 Å². The zero-order valence-corrected chi connectivity index (χ0v) is 7.55. The van der Waals surface area contributed by atoms with Gasteiger partial charge in [-0.25, -0.2) is 4.79 Å². The lowest BCUT2D eigenvalue weighted by Crippen LogP contribution is -2.27. The van der Waals surface area contributed by atoms with Gasteiger partial charge in [0.05, 0.1) is 0 Å². The fourth-order valence-corrected chi connectivity index (χ4v) is 0.902. The van der Waals surface area contributed by atoms with Crippen LogP contribution in [0.5, 0.6) is 0 Å². The summed E-state index contributed by atoms with van der Waals surface area (Å²) in [6, 6.07) is 0. The summed E-state index contributed by atoms with van der Waals surface area (Å²) in [5.41, 5.74) is 0.696. The minimum Gasteiger partial charge on any atom is -0.478 e. The lowest BCUT2D eigenvalue weighted by atomic mass is 10.2. The maximum absolute atomic E-state index is 10.4. The number of rotatable bonds is 4. The number of nitrogens with one attached hydrogen (secondary N) is 1. The maximum atomic E-state index is 10.4. The third kappa shape index (κ3) is 2.66. The quantitative estimate of drug-likeness (QED) is 0.621. The fraction of sp³-hybridized carbons (Fsp3) is 0.667. The molecule has 0 heterocycles. The summed E-state index contributed by atoms with van der Waals surface area (Å²) in [6.45, 7) is 4.42. The van der Waals surface area contributed by atoms with E-state index in [-0.39, 0.29) is 5.54 Å². The van der Waals surface area contributed by atoms with Gasteiger partial charge in [0.25, 0.3) is 0 Å². The summed E-state index contributed by atoms with van der Waals surface area (Å²) in [5.74, 6) is -0.835. The van der Waals surface area contributed by atoms with Crippen LogP contribution in [0.15, 0.2) is 11.6 Å². The largest absolute Gasteiger partial charge is 0.478 e. The van der Waals surface area contributed by atoms with Crippen molar-refractivity contribution in [3.05, 3.63) is 11.6 Å². The second-order valence-corrected chi connectivity index (χ2v) is 3.63. The summed E-state index contributed by atoms with van der Waals surface area (Å²) in [6.07, 6.45) is 4.12. The first kappa shape index (κ1) is 9.26. The molecule has 0 aromatic rings. The Morgan fingerprint density at radius 3 is 2.67 bits per heavy atom. The van der Waals surface area contributed by atoms with Crippen molar-refractivity contribution in [1.82, 2.24) is 5.32 Å². The molecule has 0 aromatic carbocycles. The van der Waals surface area contributed by atoms with Crippen molar-refractivity contribution in [3.63, 3.8) is 0 Å². The van der Waals surface area contributed by atoms with Crippen LogP contribution in [0, 0.1) is 0 Å². The van der Waals surface area contributed by atoms with Crippen molar-refractivity contribution in [2.75, 3.05) is 6.54 Å². The maximum Gasteiger partial charge on any atom is 0.330 e. The van der Waals surface area contributed by atoms with E-state index in [0.29, 0.717) is 12.1 Å². The van der Waals surface area contributed by atoms with Crippen LogP contribution < -0.4 is 5.32 Å². The highest BCUT2D eigenvalue weighted by atomic mass is 16.4. The van der Waals surface area contributed by atoms with Crippen LogP contribution in [0.1, 0.15) is 26.7 Å². The number of aliphatic carboxylic acids is 1. The van der Waals surface area contributed by atoms with E-state index in [1.165, 1.54) is 12.8 Å². The fourth-order valence-electron chi connectivity index (χ4n) is 0.902. The van der Waals surface area contributed by atoms with Gasteiger partial charge in [0, 0.05) is 17.7 Å². The topological polar surface area (TPSA) is 49.3 Å². The molecule has 1 fully saturated rings. The third-order valence-electron chi connectivity index (χ3n) is 2.27. The lowest BCUT2D eigenvalue weighted by Gasteiger charge is -2.07. The molecular weight excluding hydrogens is 154 g/mol. The van der Waals surface area contributed by atoms with Crippen LogP contribution in [0.4, 0.5) is 0 Å². The first-order valence-electron chi connectivity index (χ1n) is 4.19. The van der Waals surface area contributed by atoms with E-state index in [9.17, 15) is 4.79 Å². The second kappa shape index (κ2) is 3.27. The Kier molecular flexibility index (Phi) is 2.52. The Bertz CT molecular complexity index is 217. The Labute approximate surface area is 72.5 Å². The average molecular weight is 169 g/mol. The molecule has 3 nitrogen and oxygen atoms in total. The molecule has 0 unspecified atom stereocenters. The molecule has 0 amide bonds. The third-order valence-corrected chi connectivity index (χ3v) is 2.27. The van der Waals surface area contributed by atoms with Crippen LogP contribution >= 0.6 is 0 Å². The van der Waals surface area contributed by atoms with E-state index < -0.39 is 5.97 Å². The first-order chi connectivity index (χ1) is 5.53. The van der Waals surface area contributed by atoms with Gasteiger partial charge in [-0.15, -0.1) is 0 Å². The molecule has 2 N–H and O–H groups in total. The number of carboxylic acids is 1. The van der Waals surface area contributed by atoms with Gasteiger partial charge in [0.1, 0.15) is 0 Å². The molecule has 68 valence electrons. The zero-order chi connectivity index (χ0) is 9.19. The summed E-state index contributed by atoms with van der Waals surface area (Å²) >= 11 is 0. The number of hydrogen-bond acceptors (Lipinski definition) is 2. The molecule has 1 aliphatic carbocycles. The molecule has 0 aliphatic heterocycles. The van der Waals surface area contributed by atoms with Crippen molar-refractivity contribution in [3.8, 4) is 0 Å². The van der Waals surface area contributed by atoms with E-state index in [2.05, 4.69) is 12.2 Å². The Morgan fingerprint density at radius 1 is 1.67 bits per heavy atom. The molecule has 0 spiro atoms. The predicted molar refractivity (Wildman–Crippen MR) is 47.0 cm³/mol. The Hall–Kier alpha value is -0.830. The van der Waals surface area contributed by atoms with Crippen LogP contribution in [0.2, 0.25) is 0 Å². The van der Waals surface area contributed by atoms with Gasteiger partial charge in [-0.2, -0.15) is 0 Å². The van der Waals surface area contributed by atoms with Gasteiger partial charge in [-0.3, -0.25) is 0 Å². The molecule has 0 atom stereocenters. The van der Waals surface area contributed by atoms with Gasteiger partial charge in [0.2, 0.25) is 0 Å². The second-order valence-electron chi connectivity index (χ2n) is 3.63. The van der Waals surface area contributed by atoms with Gasteiger partial charge in [0.15, 0.2) is 0 Å². The summed E-state index contributed by atoms with van der Waals surface area (Å²) in [4.78, 5) is 10.4.